The predicted molar refractivity (Wildman–Crippen MR) is 60.7 cm³/mol. The van der Waals surface area contributed by atoms with Crippen molar-refractivity contribution in [2.45, 2.75) is 26.5 Å². The van der Waals surface area contributed by atoms with Gasteiger partial charge < -0.3 is 10.8 Å². The van der Waals surface area contributed by atoms with E-state index in [4.69, 9.17) is 10.8 Å². The molecule has 92 valence electrons. The molecule has 1 aliphatic rings. The van der Waals surface area contributed by atoms with E-state index >= 15 is 0 Å². The fourth-order valence-corrected chi connectivity index (χ4v) is 1.24. The van der Waals surface area contributed by atoms with Crippen LogP contribution in [0.2, 0.25) is 0 Å². The molecule has 1 unspecified atom stereocenters. The second kappa shape index (κ2) is 7.14. The van der Waals surface area contributed by atoms with Crippen LogP contribution in [0, 0.1) is 11.6 Å². The summed E-state index contributed by atoms with van der Waals surface area (Å²) >= 11 is 0. The molecule has 0 aromatic heterocycles. The first-order valence-corrected chi connectivity index (χ1v) is 4.71. The largest absolute Gasteiger partial charge is 0.399 e. The molecule has 1 aromatic rings. The molecule has 0 amide bonds. The minimum atomic E-state index is -0.646. The van der Waals surface area contributed by atoms with Crippen molar-refractivity contribution >= 4 is 5.69 Å². The zero-order chi connectivity index (χ0) is 11.3. The van der Waals surface area contributed by atoms with E-state index in [-0.39, 0.29) is 19.3 Å². The summed E-state index contributed by atoms with van der Waals surface area (Å²) in [7, 11) is 0. The average Bonchev–Trinajstić information content (AvgIpc) is 2.54. The van der Waals surface area contributed by atoms with Crippen LogP contribution in [-0.4, -0.2) is 17.9 Å². The monoisotopic (exact) mass is 232 g/mol. The van der Waals surface area contributed by atoms with E-state index < -0.39 is 11.6 Å². The molecular formula is C11H18F2N2O. The van der Waals surface area contributed by atoms with Crippen LogP contribution < -0.4 is 11.1 Å². The van der Waals surface area contributed by atoms with E-state index in [1.165, 1.54) is 0 Å². The van der Waals surface area contributed by atoms with E-state index in [9.17, 15) is 8.78 Å². The van der Waals surface area contributed by atoms with Gasteiger partial charge in [-0.05, 0) is 31.5 Å². The third-order valence-corrected chi connectivity index (χ3v) is 1.92. The predicted octanol–water partition coefficient (Wildman–Crippen LogP) is 1.87. The number of aliphatic hydroxyl groups is 1. The molecule has 1 aromatic carbocycles. The van der Waals surface area contributed by atoms with Crippen molar-refractivity contribution in [2.75, 3.05) is 12.3 Å². The molecule has 0 spiro atoms. The number of aliphatic hydroxyl groups excluding tert-OH is 1. The molecule has 3 nitrogen and oxygen atoms in total. The van der Waals surface area contributed by atoms with Crippen LogP contribution in [0.3, 0.4) is 0 Å². The first-order chi connectivity index (χ1) is 7.08. The third kappa shape index (κ3) is 5.63. The van der Waals surface area contributed by atoms with E-state index in [1.54, 1.807) is 0 Å². The molecule has 2 rings (SSSR count). The molecule has 1 aliphatic heterocycles. The Morgan fingerprint density at radius 2 is 1.81 bits per heavy atom. The highest BCUT2D eigenvalue weighted by molar-refractivity contribution is 5.37. The van der Waals surface area contributed by atoms with E-state index in [0.717, 1.165) is 37.6 Å². The number of anilines is 1. The Balaban J connectivity index is 0.000000283. The highest BCUT2D eigenvalue weighted by Gasteiger charge is 2.07. The summed E-state index contributed by atoms with van der Waals surface area (Å²) in [5, 5.41) is 11.5. The lowest BCUT2D eigenvalue weighted by Gasteiger charge is -1.94. The van der Waals surface area contributed by atoms with Gasteiger partial charge in [0.1, 0.15) is 17.9 Å². The topological polar surface area (TPSA) is 58.3 Å². The van der Waals surface area contributed by atoms with Crippen molar-refractivity contribution < 1.29 is 13.9 Å². The summed E-state index contributed by atoms with van der Waals surface area (Å²) in [6.07, 6.45) is 1.85. The maximum absolute atomic E-state index is 12.1. The van der Waals surface area contributed by atoms with Gasteiger partial charge in [0.25, 0.3) is 0 Å². The lowest BCUT2D eigenvalue weighted by Crippen LogP contribution is -2.19. The van der Waals surface area contributed by atoms with Gasteiger partial charge in [-0.3, -0.25) is 5.32 Å². The number of nitrogen functional groups attached to an aromatic ring is 1. The lowest BCUT2D eigenvalue weighted by molar-refractivity contribution is 0.160. The highest BCUT2D eigenvalue weighted by Crippen LogP contribution is 2.07. The Morgan fingerprint density at radius 3 is 2.06 bits per heavy atom. The van der Waals surface area contributed by atoms with Crippen molar-refractivity contribution in [3.05, 3.63) is 29.8 Å². The standard InChI is InChI=1S/C6H5F2N.C4H9NO.CH4/c7-4-1-5(8)3-6(9)2-4;6-4-2-1-3-5-4;/h1-3H,9H2;4-6H,1-3H2;1H4. The maximum Gasteiger partial charge on any atom is 0.128 e. The molecule has 0 bridgehead atoms. The average molecular weight is 232 g/mol. The van der Waals surface area contributed by atoms with E-state index in [2.05, 4.69) is 5.32 Å². The van der Waals surface area contributed by atoms with Crippen LogP contribution in [0.5, 0.6) is 0 Å². The molecule has 1 heterocycles. The number of hydrogen-bond donors (Lipinski definition) is 3. The van der Waals surface area contributed by atoms with Gasteiger partial charge in [-0.25, -0.2) is 8.78 Å². The van der Waals surface area contributed by atoms with E-state index in [0.29, 0.717) is 0 Å². The van der Waals surface area contributed by atoms with Gasteiger partial charge in [-0.2, -0.15) is 0 Å². The summed E-state index contributed by atoms with van der Waals surface area (Å²) in [5.74, 6) is -1.29. The second-order valence-electron chi connectivity index (χ2n) is 3.31. The Kier molecular flexibility index (Phi) is 6.60. The summed E-state index contributed by atoms with van der Waals surface area (Å²) in [4.78, 5) is 0. The molecule has 5 heteroatoms. The van der Waals surface area contributed by atoms with Gasteiger partial charge in [-0.1, -0.05) is 7.43 Å². The quantitative estimate of drug-likeness (QED) is 0.598. The Hall–Kier alpha value is -1.20. The van der Waals surface area contributed by atoms with Crippen LogP contribution in [0.4, 0.5) is 14.5 Å². The smallest absolute Gasteiger partial charge is 0.128 e. The molecule has 0 aliphatic carbocycles. The molecule has 0 radical (unpaired) electrons. The van der Waals surface area contributed by atoms with Gasteiger partial charge in [0, 0.05) is 11.8 Å². The summed E-state index contributed by atoms with van der Waals surface area (Å²) in [5.41, 5.74) is 5.18. The molecule has 0 saturated carbocycles. The SMILES string of the molecule is C.Nc1cc(F)cc(F)c1.OC1CCCN1. The maximum atomic E-state index is 12.1. The molecule has 16 heavy (non-hydrogen) atoms. The van der Waals surface area contributed by atoms with Crippen LogP contribution >= 0.6 is 0 Å². The number of rotatable bonds is 0. The zero-order valence-electron chi connectivity index (χ0n) is 8.21. The highest BCUT2D eigenvalue weighted by atomic mass is 19.1. The van der Waals surface area contributed by atoms with Crippen molar-refractivity contribution in [2.24, 2.45) is 0 Å². The molecule has 1 atom stereocenters. The molecular weight excluding hydrogens is 214 g/mol. The fourth-order valence-electron chi connectivity index (χ4n) is 1.24. The van der Waals surface area contributed by atoms with E-state index in [1.807, 2.05) is 0 Å². The number of benzene rings is 1. The van der Waals surface area contributed by atoms with Gasteiger partial charge >= 0.3 is 0 Å². The van der Waals surface area contributed by atoms with Crippen LogP contribution in [-0.2, 0) is 0 Å². The summed E-state index contributed by atoms with van der Waals surface area (Å²) in [6, 6.07) is 2.89. The Labute approximate surface area is 94.3 Å². The zero-order valence-corrected chi connectivity index (χ0v) is 8.21. The van der Waals surface area contributed by atoms with Crippen LogP contribution in [0.15, 0.2) is 18.2 Å². The second-order valence-corrected chi connectivity index (χ2v) is 3.31. The van der Waals surface area contributed by atoms with Crippen LogP contribution in [0.1, 0.15) is 20.3 Å². The molecule has 4 N–H and O–H groups in total. The van der Waals surface area contributed by atoms with Crippen LogP contribution in [0.25, 0.3) is 0 Å². The van der Waals surface area contributed by atoms with Gasteiger partial charge in [0.2, 0.25) is 0 Å². The Morgan fingerprint density at radius 1 is 1.25 bits per heavy atom. The number of halogens is 2. The van der Waals surface area contributed by atoms with Gasteiger partial charge in [0.05, 0.1) is 0 Å². The van der Waals surface area contributed by atoms with Gasteiger partial charge in [-0.15, -0.1) is 0 Å². The fraction of sp³-hybridized carbons (Fsp3) is 0.455. The third-order valence-electron chi connectivity index (χ3n) is 1.92. The summed E-state index contributed by atoms with van der Waals surface area (Å²) in [6.45, 7) is 0.987. The molecule has 1 saturated heterocycles. The van der Waals surface area contributed by atoms with Crippen molar-refractivity contribution in [1.29, 1.82) is 0 Å². The number of nitrogens with one attached hydrogen (secondary N) is 1. The first-order valence-electron chi connectivity index (χ1n) is 4.71. The van der Waals surface area contributed by atoms with Gasteiger partial charge in [0.15, 0.2) is 0 Å². The number of nitrogens with two attached hydrogens (primary N) is 1. The Bertz CT molecular complexity index is 264. The summed E-state index contributed by atoms with van der Waals surface area (Å²) < 4.78 is 24.2. The van der Waals surface area contributed by atoms with Crippen molar-refractivity contribution in [3.8, 4) is 0 Å². The molecule has 1 fully saturated rings. The normalized spacial score (nSPS) is 18.3. The minimum absolute atomic E-state index is 0. The minimum Gasteiger partial charge on any atom is -0.399 e. The lowest BCUT2D eigenvalue weighted by atomic mass is 10.3. The number of hydrogen-bond acceptors (Lipinski definition) is 3. The first kappa shape index (κ1) is 14.8. The van der Waals surface area contributed by atoms with Crippen molar-refractivity contribution in [3.63, 3.8) is 0 Å². The van der Waals surface area contributed by atoms with Crippen molar-refractivity contribution in [1.82, 2.24) is 5.32 Å².